The van der Waals surface area contributed by atoms with E-state index >= 15 is 0 Å². The highest BCUT2D eigenvalue weighted by atomic mass is 32.1. The summed E-state index contributed by atoms with van der Waals surface area (Å²) in [6.07, 6.45) is 0.530. The Labute approximate surface area is 183 Å². The second-order valence-electron chi connectivity index (χ2n) is 7.09. The van der Waals surface area contributed by atoms with E-state index in [4.69, 9.17) is 9.47 Å². The second-order valence-corrected chi connectivity index (χ2v) is 8.09. The van der Waals surface area contributed by atoms with Gasteiger partial charge in [-0.2, -0.15) is 0 Å². The minimum atomic E-state index is -0.199. The molecule has 0 saturated carbocycles. The Balaban J connectivity index is 1.39. The van der Waals surface area contributed by atoms with Crippen LogP contribution in [0.3, 0.4) is 0 Å². The standard InChI is InChI=1S/C22H22N4O4S/c1-29-17-9-7-16(8-10-17)26-13-15(12-20(26)28)21-24-25-22(31-21)23-19(27)11-14-5-3-4-6-18(14)30-2/h3-10,15H,11-13H2,1-2H3,(H,23,25,27). The van der Waals surface area contributed by atoms with Crippen molar-refractivity contribution in [2.45, 2.75) is 18.8 Å². The van der Waals surface area contributed by atoms with Gasteiger partial charge in [0.15, 0.2) is 0 Å². The van der Waals surface area contributed by atoms with Crippen LogP contribution in [0.2, 0.25) is 0 Å². The average Bonchev–Trinajstić information content (AvgIpc) is 3.40. The van der Waals surface area contributed by atoms with Crippen LogP contribution < -0.4 is 19.7 Å². The first-order valence-electron chi connectivity index (χ1n) is 9.77. The monoisotopic (exact) mass is 438 g/mol. The SMILES string of the molecule is COc1ccc(N2CC(c3nnc(NC(=O)Cc4ccccc4OC)s3)CC2=O)cc1. The number of nitrogens with zero attached hydrogens (tertiary/aromatic N) is 3. The van der Waals surface area contributed by atoms with Crippen molar-refractivity contribution in [3.63, 3.8) is 0 Å². The van der Waals surface area contributed by atoms with E-state index in [-0.39, 0.29) is 24.2 Å². The van der Waals surface area contributed by atoms with Crippen molar-refractivity contribution in [2.75, 3.05) is 31.0 Å². The van der Waals surface area contributed by atoms with E-state index in [9.17, 15) is 9.59 Å². The van der Waals surface area contributed by atoms with Gasteiger partial charge in [-0.25, -0.2) is 0 Å². The van der Waals surface area contributed by atoms with Gasteiger partial charge in [-0.1, -0.05) is 29.5 Å². The quantitative estimate of drug-likeness (QED) is 0.609. The molecule has 2 amide bonds. The maximum absolute atomic E-state index is 12.5. The summed E-state index contributed by atoms with van der Waals surface area (Å²) in [4.78, 5) is 26.7. The molecule has 1 saturated heterocycles. The van der Waals surface area contributed by atoms with Gasteiger partial charge >= 0.3 is 0 Å². The predicted molar refractivity (Wildman–Crippen MR) is 118 cm³/mol. The molecule has 0 radical (unpaired) electrons. The number of carbonyl (C=O) groups excluding carboxylic acids is 2. The Hall–Kier alpha value is -3.46. The number of para-hydroxylation sites is 1. The number of rotatable bonds is 7. The highest BCUT2D eigenvalue weighted by Crippen LogP contribution is 2.34. The first-order chi connectivity index (χ1) is 15.1. The Morgan fingerprint density at radius 2 is 1.90 bits per heavy atom. The van der Waals surface area contributed by atoms with Gasteiger partial charge in [0.2, 0.25) is 16.9 Å². The zero-order valence-electron chi connectivity index (χ0n) is 17.2. The first-order valence-corrected chi connectivity index (χ1v) is 10.6. The number of carbonyl (C=O) groups is 2. The molecule has 31 heavy (non-hydrogen) atoms. The molecule has 1 fully saturated rings. The zero-order chi connectivity index (χ0) is 21.8. The molecule has 2 aromatic carbocycles. The van der Waals surface area contributed by atoms with E-state index in [1.165, 1.54) is 11.3 Å². The van der Waals surface area contributed by atoms with Crippen molar-refractivity contribution < 1.29 is 19.1 Å². The molecule has 1 aromatic heterocycles. The van der Waals surface area contributed by atoms with Gasteiger partial charge < -0.3 is 19.7 Å². The molecule has 160 valence electrons. The molecule has 1 unspecified atom stereocenters. The number of nitrogens with one attached hydrogen (secondary N) is 1. The third-order valence-electron chi connectivity index (χ3n) is 5.09. The maximum Gasteiger partial charge on any atom is 0.230 e. The van der Waals surface area contributed by atoms with Crippen molar-refractivity contribution in [2.24, 2.45) is 0 Å². The lowest BCUT2D eigenvalue weighted by Crippen LogP contribution is -2.24. The topological polar surface area (TPSA) is 93.7 Å². The van der Waals surface area contributed by atoms with Gasteiger partial charge in [-0.05, 0) is 30.3 Å². The van der Waals surface area contributed by atoms with Gasteiger partial charge in [0.1, 0.15) is 16.5 Å². The lowest BCUT2D eigenvalue weighted by Gasteiger charge is -2.16. The van der Waals surface area contributed by atoms with Crippen LogP contribution in [0.4, 0.5) is 10.8 Å². The lowest BCUT2D eigenvalue weighted by molar-refractivity contribution is -0.117. The van der Waals surface area contributed by atoms with Crippen molar-refractivity contribution in [1.29, 1.82) is 0 Å². The average molecular weight is 439 g/mol. The highest BCUT2D eigenvalue weighted by Gasteiger charge is 2.34. The summed E-state index contributed by atoms with van der Waals surface area (Å²) in [5, 5.41) is 12.2. The molecule has 0 aliphatic carbocycles. The smallest absolute Gasteiger partial charge is 0.230 e. The lowest BCUT2D eigenvalue weighted by atomic mass is 10.1. The Bertz CT molecular complexity index is 1080. The van der Waals surface area contributed by atoms with E-state index < -0.39 is 0 Å². The van der Waals surface area contributed by atoms with Crippen molar-refractivity contribution in [1.82, 2.24) is 10.2 Å². The number of hydrogen-bond acceptors (Lipinski definition) is 7. The number of amides is 2. The summed E-state index contributed by atoms with van der Waals surface area (Å²) in [6, 6.07) is 14.8. The Kier molecular flexibility index (Phi) is 6.13. The molecule has 0 spiro atoms. The van der Waals surface area contributed by atoms with E-state index in [2.05, 4.69) is 15.5 Å². The fourth-order valence-corrected chi connectivity index (χ4v) is 4.37. The van der Waals surface area contributed by atoms with Crippen LogP contribution in [0.15, 0.2) is 48.5 Å². The normalized spacial score (nSPS) is 15.7. The summed E-state index contributed by atoms with van der Waals surface area (Å²) in [5.41, 5.74) is 1.62. The molecule has 3 aromatic rings. The summed E-state index contributed by atoms with van der Waals surface area (Å²) in [6.45, 7) is 0.523. The molecule has 9 heteroatoms. The third-order valence-corrected chi connectivity index (χ3v) is 6.09. The first kappa shape index (κ1) is 20.8. The van der Waals surface area contributed by atoms with Crippen LogP contribution in [0.1, 0.15) is 22.9 Å². The molecule has 1 N–H and O–H groups in total. The van der Waals surface area contributed by atoms with E-state index in [0.717, 1.165) is 22.0 Å². The van der Waals surface area contributed by atoms with Gasteiger partial charge in [0.25, 0.3) is 0 Å². The molecule has 1 atom stereocenters. The van der Waals surface area contributed by atoms with Gasteiger partial charge in [0, 0.05) is 30.1 Å². The maximum atomic E-state index is 12.5. The van der Waals surface area contributed by atoms with Gasteiger partial charge in [-0.3, -0.25) is 9.59 Å². The molecular weight excluding hydrogens is 416 g/mol. The highest BCUT2D eigenvalue weighted by molar-refractivity contribution is 7.15. The van der Waals surface area contributed by atoms with E-state index in [1.807, 2.05) is 48.5 Å². The van der Waals surface area contributed by atoms with Gasteiger partial charge in [0.05, 0.1) is 20.6 Å². The largest absolute Gasteiger partial charge is 0.497 e. The molecule has 0 bridgehead atoms. The number of methoxy groups -OCH3 is 2. The zero-order valence-corrected chi connectivity index (χ0v) is 18.0. The van der Waals surface area contributed by atoms with Crippen molar-refractivity contribution >= 4 is 34.0 Å². The molecule has 8 nitrogen and oxygen atoms in total. The van der Waals surface area contributed by atoms with Gasteiger partial charge in [-0.15, -0.1) is 10.2 Å². The van der Waals surface area contributed by atoms with Crippen LogP contribution in [0.25, 0.3) is 0 Å². The molecule has 1 aliphatic rings. The van der Waals surface area contributed by atoms with Crippen LogP contribution in [0.5, 0.6) is 11.5 Å². The Morgan fingerprint density at radius 3 is 2.65 bits per heavy atom. The molecule has 1 aliphatic heterocycles. The van der Waals surface area contributed by atoms with Crippen LogP contribution in [0, 0.1) is 0 Å². The minimum absolute atomic E-state index is 0.0344. The molecule has 4 rings (SSSR count). The number of hydrogen-bond donors (Lipinski definition) is 1. The fraction of sp³-hybridized carbons (Fsp3) is 0.273. The Morgan fingerprint density at radius 1 is 1.13 bits per heavy atom. The number of benzene rings is 2. The van der Waals surface area contributed by atoms with Crippen LogP contribution >= 0.6 is 11.3 Å². The predicted octanol–water partition coefficient (Wildman–Crippen LogP) is 3.26. The van der Waals surface area contributed by atoms with Crippen molar-refractivity contribution in [3.8, 4) is 11.5 Å². The summed E-state index contributed by atoms with van der Waals surface area (Å²) in [7, 11) is 3.18. The summed E-state index contributed by atoms with van der Waals surface area (Å²) < 4.78 is 10.5. The summed E-state index contributed by atoms with van der Waals surface area (Å²) >= 11 is 1.30. The third kappa shape index (κ3) is 4.66. The number of aromatic nitrogens is 2. The number of anilines is 2. The second kappa shape index (κ2) is 9.13. The van der Waals surface area contributed by atoms with E-state index in [1.54, 1.807) is 19.1 Å². The number of ether oxygens (including phenoxy) is 2. The van der Waals surface area contributed by atoms with E-state index in [0.29, 0.717) is 23.8 Å². The van der Waals surface area contributed by atoms with Crippen LogP contribution in [-0.2, 0) is 16.0 Å². The summed E-state index contributed by atoms with van der Waals surface area (Å²) in [5.74, 6) is 1.18. The molecular formula is C22H22N4O4S. The van der Waals surface area contributed by atoms with Crippen molar-refractivity contribution in [3.05, 3.63) is 59.1 Å². The molecule has 2 heterocycles. The van der Waals surface area contributed by atoms with Crippen LogP contribution in [-0.4, -0.2) is 42.8 Å². The fourth-order valence-electron chi connectivity index (χ4n) is 3.52. The minimum Gasteiger partial charge on any atom is -0.497 e.